The Morgan fingerprint density at radius 3 is 3.08 bits per heavy atom. The molecule has 2 rings (SSSR count). The lowest BCUT2D eigenvalue weighted by Crippen LogP contribution is -2.34. The number of aromatic amines is 1. The Balaban J connectivity index is 2.22. The van der Waals surface area contributed by atoms with Gasteiger partial charge in [0.25, 0.3) is 0 Å². The van der Waals surface area contributed by atoms with E-state index in [-0.39, 0.29) is 11.9 Å². The van der Waals surface area contributed by atoms with Crippen molar-refractivity contribution in [1.82, 2.24) is 10.2 Å². The van der Waals surface area contributed by atoms with Gasteiger partial charge in [0, 0.05) is 12.6 Å². The molecule has 0 aliphatic carbocycles. The van der Waals surface area contributed by atoms with Crippen LogP contribution in [0.1, 0.15) is 6.42 Å². The molecule has 0 aromatic carbocycles. The van der Waals surface area contributed by atoms with Gasteiger partial charge >= 0.3 is 0 Å². The van der Waals surface area contributed by atoms with Crippen molar-refractivity contribution in [3.05, 3.63) is 12.3 Å². The number of carbonyl (C=O) groups is 1. The van der Waals surface area contributed by atoms with E-state index in [9.17, 15) is 4.79 Å². The molecule has 12 heavy (non-hydrogen) atoms. The number of nitrogens with zero attached hydrogens (tertiary/aromatic N) is 2. The third-order valence-electron chi connectivity index (χ3n) is 2.02. The second-order valence-corrected chi connectivity index (χ2v) is 2.83. The highest BCUT2D eigenvalue weighted by Gasteiger charge is 2.29. The number of nitrogens with two attached hydrogens (primary N) is 1. The first-order valence-corrected chi connectivity index (χ1v) is 3.85. The predicted molar refractivity (Wildman–Crippen MR) is 43.5 cm³/mol. The molecule has 5 nitrogen and oxygen atoms in total. The molecule has 1 atom stereocenters. The topological polar surface area (TPSA) is 75.0 Å². The number of hydrogen-bond acceptors (Lipinski definition) is 3. The van der Waals surface area contributed by atoms with Crippen molar-refractivity contribution in [3.8, 4) is 0 Å². The second-order valence-electron chi connectivity index (χ2n) is 2.83. The standard InChI is InChI=1S/C7H10N4O/c8-5-2-4-11(7(5)12)6-1-3-9-10-6/h1,3,5H,2,4,8H2,(H,9,10). The minimum Gasteiger partial charge on any atom is -0.320 e. The van der Waals surface area contributed by atoms with Crippen LogP contribution in [0.2, 0.25) is 0 Å². The summed E-state index contributed by atoms with van der Waals surface area (Å²) in [6.45, 7) is 0.683. The third-order valence-corrected chi connectivity index (χ3v) is 2.02. The molecule has 5 heteroatoms. The van der Waals surface area contributed by atoms with Crippen molar-refractivity contribution in [2.45, 2.75) is 12.5 Å². The van der Waals surface area contributed by atoms with Gasteiger partial charge in [-0.25, -0.2) is 0 Å². The normalized spacial score (nSPS) is 23.6. The van der Waals surface area contributed by atoms with Crippen LogP contribution in [0, 0.1) is 0 Å². The lowest BCUT2D eigenvalue weighted by atomic mass is 10.3. The van der Waals surface area contributed by atoms with E-state index in [0.29, 0.717) is 6.54 Å². The van der Waals surface area contributed by atoms with Crippen LogP contribution in [0.15, 0.2) is 12.3 Å². The van der Waals surface area contributed by atoms with Crippen molar-refractivity contribution in [2.75, 3.05) is 11.4 Å². The summed E-state index contributed by atoms with van der Waals surface area (Å²) in [6, 6.07) is 1.42. The molecule has 64 valence electrons. The molecular formula is C7H10N4O. The summed E-state index contributed by atoms with van der Waals surface area (Å²) in [7, 11) is 0. The predicted octanol–water partition coefficient (Wildman–Crippen LogP) is -0.526. The van der Waals surface area contributed by atoms with Gasteiger partial charge in [0.15, 0.2) is 0 Å². The number of aromatic nitrogens is 2. The van der Waals surface area contributed by atoms with Gasteiger partial charge in [-0.05, 0) is 6.42 Å². The Morgan fingerprint density at radius 2 is 2.58 bits per heavy atom. The summed E-state index contributed by atoms with van der Waals surface area (Å²) >= 11 is 0. The molecular weight excluding hydrogens is 156 g/mol. The van der Waals surface area contributed by atoms with E-state index in [4.69, 9.17) is 5.73 Å². The van der Waals surface area contributed by atoms with Gasteiger partial charge in [0.05, 0.1) is 12.2 Å². The van der Waals surface area contributed by atoms with Crippen LogP contribution in [0.4, 0.5) is 5.82 Å². The average molecular weight is 166 g/mol. The Hall–Kier alpha value is -1.36. The summed E-state index contributed by atoms with van der Waals surface area (Å²) in [6.07, 6.45) is 2.34. The maximum absolute atomic E-state index is 11.4. The monoisotopic (exact) mass is 166 g/mol. The van der Waals surface area contributed by atoms with E-state index < -0.39 is 0 Å². The van der Waals surface area contributed by atoms with E-state index >= 15 is 0 Å². The molecule has 0 saturated carbocycles. The number of amides is 1. The Morgan fingerprint density at radius 1 is 1.75 bits per heavy atom. The highest BCUT2D eigenvalue weighted by Crippen LogP contribution is 2.16. The first kappa shape index (κ1) is 7.30. The molecule has 0 bridgehead atoms. The van der Waals surface area contributed by atoms with E-state index in [2.05, 4.69) is 10.2 Å². The molecule has 1 amide bonds. The number of H-pyrrole nitrogens is 1. The largest absolute Gasteiger partial charge is 0.320 e. The van der Waals surface area contributed by atoms with E-state index in [1.165, 1.54) is 0 Å². The van der Waals surface area contributed by atoms with Crippen molar-refractivity contribution in [1.29, 1.82) is 0 Å². The summed E-state index contributed by atoms with van der Waals surface area (Å²) in [5.41, 5.74) is 5.55. The van der Waals surface area contributed by atoms with Crippen LogP contribution >= 0.6 is 0 Å². The van der Waals surface area contributed by atoms with Gasteiger partial charge < -0.3 is 5.73 Å². The van der Waals surface area contributed by atoms with Crippen molar-refractivity contribution >= 4 is 11.7 Å². The van der Waals surface area contributed by atoms with Crippen LogP contribution in [0.25, 0.3) is 0 Å². The van der Waals surface area contributed by atoms with Crippen LogP contribution in [-0.4, -0.2) is 28.7 Å². The highest BCUT2D eigenvalue weighted by atomic mass is 16.2. The molecule has 2 heterocycles. The lowest BCUT2D eigenvalue weighted by molar-refractivity contribution is -0.118. The number of hydrogen-bond donors (Lipinski definition) is 2. The summed E-state index contributed by atoms with van der Waals surface area (Å²) < 4.78 is 0. The highest BCUT2D eigenvalue weighted by molar-refractivity contribution is 5.98. The fourth-order valence-corrected chi connectivity index (χ4v) is 1.34. The van der Waals surface area contributed by atoms with Gasteiger partial charge in [-0.15, -0.1) is 0 Å². The number of rotatable bonds is 1. The van der Waals surface area contributed by atoms with Gasteiger partial charge in [-0.2, -0.15) is 5.10 Å². The molecule has 1 aromatic heterocycles. The van der Waals surface area contributed by atoms with Crippen molar-refractivity contribution in [2.24, 2.45) is 5.73 Å². The van der Waals surface area contributed by atoms with Crippen molar-refractivity contribution < 1.29 is 4.79 Å². The van der Waals surface area contributed by atoms with E-state index in [1.807, 2.05) is 0 Å². The summed E-state index contributed by atoms with van der Waals surface area (Å²) in [5.74, 6) is 0.701. The smallest absolute Gasteiger partial charge is 0.245 e. The fraction of sp³-hybridized carbons (Fsp3) is 0.429. The Labute approximate surface area is 69.5 Å². The van der Waals surface area contributed by atoms with Crippen LogP contribution in [0.5, 0.6) is 0 Å². The lowest BCUT2D eigenvalue weighted by Gasteiger charge is -2.12. The Kier molecular flexibility index (Phi) is 1.58. The van der Waals surface area contributed by atoms with Crippen LogP contribution in [0.3, 0.4) is 0 Å². The Bertz CT molecular complexity index is 282. The van der Waals surface area contributed by atoms with Crippen LogP contribution in [-0.2, 0) is 4.79 Å². The third kappa shape index (κ3) is 0.984. The quantitative estimate of drug-likeness (QED) is 0.589. The number of carbonyl (C=O) groups excluding carboxylic acids is 1. The molecule has 1 fully saturated rings. The SMILES string of the molecule is NC1CCN(c2ccn[nH]2)C1=O. The van der Waals surface area contributed by atoms with Crippen molar-refractivity contribution in [3.63, 3.8) is 0 Å². The zero-order chi connectivity index (χ0) is 8.55. The number of anilines is 1. The molecule has 1 aromatic rings. The minimum atomic E-state index is -0.340. The molecule has 1 saturated heterocycles. The van der Waals surface area contributed by atoms with Gasteiger partial charge in [0.2, 0.25) is 5.91 Å². The average Bonchev–Trinajstić information content (AvgIpc) is 2.64. The zero-order valence-corrected chi connectivity index (χ0v) is 6.53. The van der Waals surface area contributed by atoms with Gasteiger partial charge in [-0.1, -0.05) is 0 Å². The minimum absolute atomic E-state index is 0.0285. The summed E-state index contributed by atoms with van der Waals surface area (Å²) in [4.78, 5) is 13.0. The molecule has 1 unspecified atom stereocenters. The molecule has 0 radical (unpaired) electrons. The van der Waals surface area contributed by atoms with Gasteiger partial charge in [-0.3, -0.25) is 14.8 Å². The second kappa shape index (κ2) is 2.60. The molecule has 1 aliphatic rings. The summed E-state index contributed by atoms with van der Waals surface area (Å²) in [5, 5.41) is 6.50. The molecule has 0 spiro atoms. The molecule has 3 N–H and O–H groups in total. The maximum Gasteiger partial charge on any atom is 0.245 e. The zero-order valence-electron chi connectivity index (χ0n) is 6.53. The fourth-order valence-electron chi connectivity index (χ4n) is 1.34. The van der Waals surface area contributed by atoms with E-state index in [0.717, 1.165) is 12.2 Å². The van der Waals surface area contributed by atoms with Gasteiger partial charge in [0.1, 0.15) is 5.82 Å². The van der Waals surface area contributed by atoms with Crippen LogP contribution < -0.4 is 10.6 Å². The molecule has 1 aliphatic heterocycles. The number of nitrogens with one attached hydrogen (secondary N) is 1. The first-order chi connectivity index (χ1) is 5.79. The first-order valence-electron chi connectivity index (χ1n) is 3.85. The maximum atomic E-state index is 11.4. The van der Waals surface area contributed by atoms with E-state index in [1.54, 1.807) is 17.2 Å².